The molecule has 1 fully saturated rings. The van der Waals surface area contributed by atoms with Crippen LogP contribution in [0.25, 0.3) is 0 Å². The maximum Gasteiger partial charge on any atom is 0.376 e. The van der Waals surface area contributed by atoms with Gasteiger partial charge in [0.1, 0.15) is 0 Å². The third-order valence-corrected chi connectivity index (χ3v) is 2.90. The van der Waals surface area contributed by atoms with Gasteiger partial charge in [0, 0.05) is 12.6 Å². The molecule has 0 aliphatic heterocycles. The Hall–Kier alpha value is -0.545. The molecule has 0 unspecified atom stereocenters. The zero-order valence-electron chi connectivity index (χ0n) is 9.61. The van der Waals surface area contributed by atoms with E-state index in [1.165, 1.54) is 6.42 Å². The minimum absolute atomic E-state index is 0.178. The van der Waals surface area contributed by atoms with E-state index in [1.807, 2.05) is 4.81 Å². The summed E-state index contributed by atoms with van der Waals surface area (Å²) < 4.78 is 4.86. The summed E-state index contributed by atoms with van der Waals surface area (Å²) in [4.78, 5) is 13.2. The molecule has 1 aliphatic rings. The molecule has 5 heteroatoms. The van der Waals surface area contributed by atoms with Gasteiger partial charge < -0.3 is 14.6 Å². The molecular formula is C10H20BNO3. The highest BCUT2D eigenvalue weighted by Gasteiger charge is 2.29. The van der Waals surface area contributed by atoms with Gasteiger partial charge in [0.15, 0.2) is 0 Å². The molecule has 1 N–H and O–H groups in total. The third kappa shape index (κ3) is 3.84. The zero-order valence-corrected chi connectivity index (χ0v) is 9.61. The molecule has 0 bridgehead atoms. The van der Waals surface area contributed by atoms with Crippen LogP contribution in [0.3, 0.4) is 0 Å². The van der Waals surface area contributed by atoms with E-state index < -0.39 is 7.05 Å². The van der Waals surface area contributed by atoms with E-state index in [9.17, 15) is 9.82 Å². The minimum Gasteiger partial charge on any atom is -0.466 e. The van der Waals surface area contributed by atoms with Crippen LogP contribution >= 0.6 is 0 Å². The van der Waals surface area contributed by atoms with Crippen molar-refractivity contribution < 1.29 is 14.6 Å². The first kappa shape index (κ1) is 12.5. The summed E-state index contributed by atoms with van der Waals surface area (Å²) in [5, 5.41) is 9.56. The van der Waals surface area contributed by atoms with Crippen molar-refractivity contribution in [2.75, 3.05) is 13.2 Å². The van der Waals surface area contributed by atoms with Gasteiger partial charge in [-0.05, 0) is 26.6 Å². The van der Waals surface area contributed by atoms with Gasteiger partial charge in [-0.3, -0.25) is 4.79 Å². The Kier molecular flexibility index (Phi) is 5.12. The van der Waals surface area contributed by atoms with Gasteiger partial charge in [-0.1, -0.05) is 6.42 Å². The molecule has 0 aromatic rings. The van der Waals surface area contributed by atoms with Crippen LogP contribution in [0, 0.1) is 0 Å². The van der Waals surface area contributed by atoms with Crippen molar-refractivity contribution in [3.05, 3.63) is 0 Å². The smallest absolute Gasteiger partial charge is 0.376 e. The van der Waals surface area contributed by atoms with Crippen LogP contribution < -0.4 is 0 Å². The lowest BCUT2D eigenvalue weighted by Gasteiger charge is -2.38. The minimum atomic E-state index is -0.468. The Labute approximate surface area is 91.7 Å². The molecular weight excluding hydrogens is 193 g/mol. The van der Waals surface area contributed by atoms with E-state index in [2.05, 4.69) is 0 Å². The second kappa shape index (κ2) is 6.13. The van der Waals surface area contributed by atoms with Gasteiger partial charge in [-0.2, -0.15) is 0 Å². The Morgan fingerprint density at radius 3 is 2.67 bits per heavy atom. The maximum atomic E-state index is 11.2. The highest BCUT2D eigenvalue weighted by molar-refractivity contribution is 6.45. The molecule has 0 radical (unpaired) electrons. The molecule has 1 aliphatic carbocycles. The lowest BCUT2D eigenvalue weighted by atomic mass is 9.77. The van der Waals surface area contributed by atoms with Crippen molar-refractivity contribution in [1.29, 1.82) is 0 Å². The van der Waals surface area contributed by atoms with Crippen molar-refractivity contribution in [3.8, 4) is 0 Å². The van der Waals surface area contributed by atoms with Crippen molar-refractivity contribution in [1.82, 2.24) is 4.81 Å². The predicted molar refractivity (Wildman–Crippen MR) is 59.4 cm³/mol. The second-order valence-electron chi connectivity index (χ2n) is 4.01. The molecule has 0 aromatic carbocycles. The third-order valence-electron chi connectivity index (χ3n) is 2.90. The maximum absolute atomic E-state index is 11.2. The highest BCUT2D eigenvalue weighted by atomic mass is 16.5. The van der Waals surface area contributed by atoms with E-state index >= 15 is 0 Å². The van der Waals surface area contributed by atoms with E-state index in [-0.39, 0.29) is 5.97 Å². The van der Waals surface area contributed by atoms with E-state index in [1.54, 1.807) is 13.7 Å². The van der Waals surface area contributed by atoms with Crippen LogP contribution in [0.2, 0.25) is 6.82 Å². The van der Waals surface area contributed by atoms with E-state index in [4.69, 9.17) is 4.74 Å². The molecule has 1 rings (SSSR count). The average Bonchev–Trinajstić information content (AvgIpc) is 2.08. The molecule has 0 amide bonds. The Morgan fingerprint density at radius 2 is 2.27 bits per heavy atom. The SMILES string of the molecule is CCOC(=O)CCN(B(C)O)C1CCC1. The first-order chi connectivity index (χ1) is 7.15. The second-order valence-corrected chi connectivity index (χ2v) is 4.01. The fourth-order valence-electron chi connectivity index (χ4n) is 1.85. The van der Waals surface area contributed by atoms with Crippen LogP contribution in [-0.2, 0) is 9.53 Å². The van der Waals surface area contributed by atoms with Crippen LogP contribution in [0.15, 0.2) is 0 Å². The molecule has 15 heavy (non-hydrogen) atoms. The van der Waals surface area contributed by atoms with Crippen molar-refractivity contribution in [2.24, 2.45) is 0 Å². The quantitative estimate of drug-likeness (QED) is 0.526. The summed E-state index contributed by atoms with van der Waals surface area (Å²) in [5.41, 5.74) is 0. The van der Waals surface area contributed by atoms with E-state index in [0.29, 0.717) is 25.6 Å². The lowest BCUT2D eigenvalue weighted by Crippen LogP contribution is -2.49. The molecule has 0 atom stereocenters. The molecule has 0 aromatic heterocycles. The van der Waals surface area contributed by atoms with Crippen LogP contribution in [0.5, 0.6) is 0 Å². The van der Waals surface area contributed by atoms with Crippen LogP contribution in [-0.4, -0.2) is 42.0 Å². The molecule has 0 spiro atoms. The molecule has 0 saturated heterocycles. The van der Waals surface area contributed by atoms with Gasteiger partial charge in [0.2, 0.25) is 0 Å². The Bertz CT molecular complexity index is 207. The number of ether oxygens (including phenoxy) is 1. The van der Waals surface area contributed by atoms with Gasteiger partial charge in [-0.15, -0.1) is 0 Å². The summed E-state index contributed by atoms with van der Waals surface area (Å²) in [7, 11) is -0.468. The fraction of sp³-hybridized carbons (Fsp3) is 0.900. The van der Waals surface area contributed by atoms with Gasteiger partial charge in [0.05, 0.1) is 13.0 Å². The summed E-state index contributed by atoms with van der Waals surface area (Å²) in [5.74, 6) is -0.178. The van der Waals surface area contributed by atoms with Crippen LogP contribution in [0.1, 0.15) is 32.6 Å². The van der Waals surface area contributed by atoms with Crippen molar-refractivity contribution in [2.45, 2.75) is 45.5 Å². The van der Waals surface area contributed by atoms with Crippen molar-refractivity contribution >= 4 is 13.0 Å². The normalized spacial score (nSPS) is 16.3. The van der Waals surface area contributed by atoms with E-state index in [0.717, 1.165) is 12.8 Å². The number of hydrogen-bond acceptors (Lipinski definition) is 4. The first-order valence-electron chi connectivity index (χ1n) is 5.74. The van der Waals surface area contributed by atoms with Gasteiger partial charge in [0.25, 0.3) is 0 Å². The zero-order chi connectivity index (χ0) is 11.3. The fourth-order valence-corrected chi connectivity index (χ4v) is 1.85. The average molecular weight is 213 g/mol. The van der Waals surface area contributed by atoms with Crippen LogP contribution in [0.4, 0.5) is 0 Å². The van der Waals surface area contributed by atoms with Gasteiger partial charge >= 0.3 is 13.0 Å². The summed E-state index contributed by atoms with van der Waals surface area (Å²) in [6, 6.07) is 0.458. The predicted octanol–water partition coefficient (Wildman–Crippen LogP) is 0.904. The summed E-state index contributed by atoms with van der Waals surface area (Å²) in [6.45, 7) is 4.58. The molecule has 1 saturated carbocycles. The topological polar surface area (TPSA) is 49.8 Å². The first-order valence-corrected chi connectivity index (χ1v) is 5.74. The largest absolute Gasteiger partial charge is 0.466 e. The van der Waals surface area contributed by atoms with Crippen molar-refractivity contribution in [3.63, 3.8) is 0 Å². The number of esters is 1. The number of carbonyl (C=O) groups is 1. The summed E-state index contributed by atoms with van der Waals surface area (Å²) >= 11 is 0. The number of rotatable bonds is 6. The highest BCUT2D eigenvalue weighted by Crippen LogP contribution is 2.25. The Balaban J connectivity index is 2.28. The standard InChI is InChI=1S/C10H20BNO3/c1-3-15-10(13)7-8-12(11(2)14)9-5-4-6-9/h9,14H,3-8H2,1-2H3. The molecule has 86 valence electrons. The number of carbonyl (C=O) groups excluding carboxylic acids is 1. The Morgan fingerprint density at radius 1 is 1.60 bits per heavy atom. The number of nitrogens with zero attached hydrogens (tertiary/aromatic N) is 1. The monoisotopic (exact) mass is 213 g/mol. The number of hydrogen-bond donors (Lipinski definition) is 1. The molecule has 4 nitrogen and oxygen atoms in total. The summed E-state index contributed by atoms with van der Waals surface area (Å²) in [6.07, 6.45) is 3.87. The van der Waals surface area contributed by atoms with Gasteiger partial charge in [-0.25, -0.2) is 0 Å². The lowest BCUT2D eigenvalue weighted by molar-refractivity contribution is -0.143. The molecule has 0 heterocycles.